The molecule has 0 fully saturated rings. The van der Waals surface area contributed by atoms with Crippen LogP contribution in [0, 0.1) is 0 Å². The summed E-state index contributed by atoms with van der Waals surface area (Å²) < 4.78 is 2.40. The Morgan fingerprint density at radius 2 is 0.797 bits per heavy atom. The molecule has 1 aromatic heterocycles. The topological polar surface area (TPSA) is 8.17 Å². The molecule has 0 atom stereocenters. The second-order valence-electron chi connectivity index (χ2n) is 16.5. The lowest BCUT2D eigenvalue weighted by Crippen LogP contribution is -2.11. The molecule has 0 spiro atoms. The Morgan fingerprint density at radius 3 is 1.55 bits per heavy atom. The summed E-state index contributed by atoms with van der Waals surface area (Å²) in [5, 5.41) is 7.43. The molecule has 64 heavy (non-hydrogen) atoms. The Bertz CT molecular complexity index is 3640. The second kappa shape index (κ2) is 15.8. The zero-order valence-electron chi connectivity index (χ0n) is 35.1. The number of para-hydroxylation sites is 3. The SMILES string of the molecule is c1ccc(-c2cc(-c3ccc(N(c4ccc(-c5cccc6ccccc56)cc4)c4ccccc4-c4cccc5c4c4ccccc4n5-c4ccccc4)cc3)c3ccccc3c2)cc1. The van der Waals surface area contributed by atoms with Crippen LogP contribution in [0.4, 0.5) is 17.1 Å². The fourth-order valence-corrected chi connectivity index (χ4v) is 9.83. The van der Waals surface area contributed by atoms with E-state index in [2.05, 4.69) is 264 Å². The Labute approximate surface area is 373 Å². The van der Waals surface area contributed by atoms with Gasteiger partial charge >= 0.3 is 0 Å². The number of hydrogen-bond acceptors (Lipinski definition) is 1. The summed E-state index contributed by atoms with van der Waals surface area (Å²) in [5.41, 5.74) is 16.4. The highest BCUT2D eigenvalue weighted by molar-refractivity contribution is 6.17. The minimum atomic E-state index is 1.08. The molecule has 0 unspecified atom stereocenters. The molecule has 12 rings (SSSR count). The van der Waals surface area contributed by atoms with Crippen molar-refractivity contribution in [2.24, 2.45) is 0 Å². The van der Waals surface area contributed by atoms with E-state index in [-0.39, 0.29) is 0 Å². The summed E-state index contributed by atoms with van der Waals surface area (Å²) in [4.78, 5) is 2.43. The maximum atomic E-state index is 2.43. The molecule has 0 saturated carbocycles. The maximum Gasteiger partial charge on any atom is 0.0547 e. The minimum Gasteiger partial charge on any atom is -0.310 e. The number of fused-ring (bicyclic) bond motifs is 5. The Morgan fingerprint density at radius 1 is 0.281 bits per heavy atom. The smallest absolute Gasteiger partial charge is 0.0547 e. The second-order valence-corrected chi connectivity index (χ2v) is 16.5. The number of rotatable bonds is 8. The fourth-order valence-electron chi connectivity index (χ4n) is 9.83. The molecule has 0 bridgehead atoms. The summed E-state index contributed by atoms with van der Waals surface area (Å²) >= 11 is 0. The van der Waals surface area contributed by atoms with Crippen molar-refractivity contribution in [3.05, 3.63) is 255 Å². The number of benzene rings is 11. The predicted molar refractivity (Wildman–Crippen MR) is 272 cm³/mol. The monoisotopic (exact) mass is 814 g/mol. The van der Waals surface area contributed by atoms with E-state index < -0.39 is 0 Å². The van der Waals surface area contributed by atoms with E-state index in [1.54, 1.807) is 0 Å². The first-order valence-corrected chi connectivity index (χ1v) is 22.0. The van der Waals surface area contributed by atoms with E-state index in [4.69, 9.17) is 0 Å². The zero-order valence-corrected chi connectivity index (χ0v) is 35.1. The first-order valence-electron chi connectivity index (χ1n) is 22.0. The quantitative estimate of drug-likeness (QED) is 0.148. The largest absolute Gasteiger partial charge is 0.310 e. The third kappa shape index (κ3) is 6.44. The van der Waals surface area contributed by atoms with Crippen LogP contribution in [0.5, 0.6) is 0 Å². The van der Waals surface area contributed by atoms with E-state index >= 15 is 0 Å². The third-order valence-corrected chi connectivity index (χ3v) is 12.8. The van der Waals surface area contributed by atoms with E-state index in [0.29, 0.717) is 0 Å². The lowest BCUT2D eigenvalue weighted by Gasteiger charge is -2.28. The molecule has 0 saturated heterocycles. The molecule has 0 radical (unpaired) electrons. The van der Waals surface area contributed by atoms with Crippen molar-refractivity contribution >= 4 is 60.4 Å². The Kier molecular flexibility index (Phi) is 9.20. The van der Waals surface area contributed by atoms with Crippen LogP contribution in [-0.2, 0) is 0 Å². The standard InChI is InChI=1S/C62H42N2/c1-3-17-43(18-4-1)48-41-47-20-8-10-25-54(47)58(42-48)46-35-39-51(40-36-46)63(50-37-33-45(34-38-50)53-28-15-21-44-19-7-9-24-52(44)53)59-30-13-11-26-55(59)56-29-16-32-61-62(56)57-27-12-14-31-60(57)64(61)49-22-5-2-6-23-49/h1-42H. The summed E-state index contributed by atoms with van der Waals surface area (Å²) in [6, 6.07) is 92.7. The average molecular weight is 815 g/mol. The number of hydrogen-bond donors (Lipinski definition) is 0. The first-order chi connectivity index (χ1) is 31.8. The lowest BCUT2D eigenvalue weighted by atomic mass is 9.93. The van der Waals surface area contributed by atoms with Crippen molar-refractivity contribution in [2.75, 3.05) is 4.90 Å². The van der Waals surface area contributed by atoms with Gasteiger partial charge in [0.05, 0.1) is 16.7 Å². The molecule has 0 aliphatic heterocycles. The number of aromatic nitrogens is 1. The van der Waals surface area contributed by atoms with Gasteiger partial charge < -0.3 is 9.47 Å². The van der Waals surface area contributed by atoms with Crippen molar-refractivity contribution in [3.63, 3.8) is 0 Å². The molecule has 2 heteroatoms. The lowest BCUT2D eigenvalue weighted by molar-refractivity contribution is 1.18. The first kappa shape index (κ1) is 37.3. The van der Waals surface area contributed by atoms with Gasteiger partial charge in [-0.1, -0.05) is 188 Å². The number of anilines is 3. The van der Waals surface area contributed by atoms with Crippen molar-refractivity contribution in [1.29, 1.82) is 0 Å². The van der Waals surface area contributed by atoms with Gasteiger partial charge in [-0.2, -0.15) is 0 Å². The van der Waals surface area contributed by atoms with Gasteiger partial charge in [-0.3, -0.25) is 0 Å². The van der Waals surface area contributed by atoms with Crippen LogP contribution in [0.2, 0.25) is 0 Å². The summed E-state index contributed by atoms with van der Waals surface area (Å²) in [7, 11) is 0. The minimum absolute atomic E-state index is 1.08. The molecule has 2 nitrogen and oxygen atoms in total. The van der Waals surface area contributed by atoms with Crippen molar-refractivity contribution in [2.45, 2.75) is 0 Å². The highest BCUT2D eigenvalue weighted by Gasteiger charge is 2.22. The molecule has 0 aliphatic carbocycles. The molecular formula is C62H42N2. The molecular weight excluding hydrogens is 773 g/mol. The van der Waals surface area contributed by atoms with Crippen LogP contribution in [0.3, 0.4) is 0 Å². The molecule has 0 N–H and O–H groups in total. The van der Waals surface area contributed by atoms with Gasteiger partial charge in [0.25, 0.3) is 0 Å². The molecule has 0 aliphatic rings. The van der Waals surface area contributed by atoms with Crippen molar-refractivity contribution in [3.8, 4) is 50.2 Å². The van der Waals surface area contributed by atoms with Crippen LogP contribution in [0.25, 0.3) is 93.5 Å². The highest BCUT2D eigenvalue weighted by Crippen LogP contribution is 2.46. The predicted octanol–water partition coefficient (Wildman–Crippen LogP) is 17.2. The molecule has 0 amide bonds. The van der Waals surface area contributed by atoms with E-state index in [0.717, 1.165) is 28.3 Å². The molecule has 1 heterocycles. The summed E-state index contributed by atoms with van der Waals surface area (Å²) in [5.74, 6) is 0. The average Bonchev–Trinajstić information content (AvgIpc) is 3.72. The molecule has 12 aromatic rings. The van der Waals surface area contributed by atoms with Crippen LogP contribution >= 0.6 is 0 Å². The van der Waals surface area contributed by atoms with Gasteiger partial charge in [0, 0.05) is 33.4 Å². The van der Waals surface area contributed by atoms with Gasteiger partial charge in [-0.25, -0.2) is 0 Å². The van der Waals surface area contributed by atoms with Crippen molar-refractivity contribution in [1.82, 2.24) is 4.57 Å². The zero-order chi connectivity index (χ0) is 42.4. The van der Waals surface area contributed by atoms with Gasteiger partial charge in [0.15, 0.2) is 0 Å². The normalized spacial score (nSPS) is 11.4. The maximum absolute atomic E-state index is 2.43. The third-order valence-electron chi connectivity index (χ3n) is 12.8. The summed E-state index contributed by atoms with van der Waals surface area (Å²) in [6.07, 6.45) is 0. The summed E-state index contributed by atoms with van der Waals surface area (Å²) in [6.45, 7) is 0. The van der Waals surface area contributed by atoms with E-state index in [1.165, 1.54) is 82.3 Å². The van der Waals surface area contributed by atoms with Gasteiger partial charge in [-0.15, -0.1) is 0 Å². The van der Waals surface area contributed by atoms with Gasteiger partial charge in [0.1, 0.15) is 0 Å². The van der Waals surface area contributed by atoms with Gasteiger partial charge in [0.2, 0.25) is 0 Å². The van der Waals surface area contributed by atoms with Gasteiger partial charge in [-0.05, 0) is 127 Å². The Balaban J connectivity index is 1.04. The number of nitrogens with zero attached hydrogens (tertiary/aromatic N) is 2. The van der Waals surface area contributed by atoms with Crippen LogP contribution in [0.1, 0.15) is 0 Å². The Hall–Kier alpha value is -8.46. The molecule has 11 aromatic carbocycles. The highest BCUT2D eigenvalue weighted by atomic mass is 15.1. The fraction of sp³-hybridized carbons (Fsp3) is 0. The van der Waals surface area contributed by atoms with E-state index in [1.807, 2.05) is 0 Å². The van der Waals surface area contributed by atoms with Crippen LogP contribution in [-0.4, -0.2) is 4.57 Å². The molecule has 300 valence electrons. The van der Waals surface area contributed by atoms with Crippen LogP contribution < -0.4 is 4.90 Å². The van der Waals surface area contributed by atoms with E-state index in [9.17, 15) is 0 Å². The van der Waals surface area contributed by atoms with Crippen molar-refractivity contribution < 1.29 is 0 Å². The van der Waals surface area contributed by atoms with Crippen LogP contribution in [0.15, 0.2) is 255 Å².